The van der Waals surface area contributed by atoms with Crippen LogP contribution in [0.1, 0.15) is 6.42 Å². The van der Waals surface area contributed by atoms with Gasteiger partial charge in [-0.05, 0) is 0 Å². The normalized spacial score (nSPS) is 9.89. The van der Waals surface area contributed by atoms with Crippen LogP contribution in [-0.4, -0.2) is 49.8 Å². The lowest BCUT2D eigenvalue weighted by molar-refractivity contribution is -0.121. The van der Waals surface area contributed by atoms with Crippen molar-refractivity contribution >= 4 is 11.9 Å². The maximum atomic E-state index is 11.4. The summed E-state index contributed by atoms with van der Waals surface area (Å²) in [4.78, 5) is 19.4. The van der Waals surface area contributed by atoms with Gasteiger partial charge >= 0.3 is 0 Å². The summed E-state index contributed by atoms with van der Waals surface area (Å²) in [7, 11) is 3.13. The van der Waals surface area contributed by atoms with Gasteiger partial charge in [0, 0.05) is 38.9 Å². The Bertz CT molecular complexity index is 373. The predicted octanol–water partition coefficient (Wildman–Crippen LogP) is 0.0498. The van der Waals surface area contributed by atoms with Crippen LogP contribution in [0.15, 0.2) is 12.3 Å². The van der Waals surface area contributed by atoms with Crippen LogP contribution in [-0.2, 0) is 9.53 Å². The zero-order valence-electron chi connectivity index (χ0n) is 10.6. The number of rotatable bonds is 8. The minimum Gasteiger partial charge on any atom is -0.481 e. The molecule has 0 aromatic carbocycles. The molecular formula is C11H18N4O3. The van der Waals surface area contributed by atoms with Crippen molar-refractivity contribution in [2.45, 2.75) is 6.42 Å². The van der Waals surface area contributed by atoms with E-state index < -0.39 is 0 Å². The molecule has 0 saturated heterocycles. The Kier molecular flexibility index (Phi) is 6.49. The molecule has 0 unspecified atom stereocenters. The van der Waals surface area contributed by atoms with Crippen LogP contribution < -0.4 is 15.4 Å². The minimum atomic E-state index is -0.0394. The first-order valence-corrected chi connectivity index (χ1v) is 5.63. The van der Waals surface area contributed by atoms with Gasteiger partial charge in [-0.25, -0.2) is 4.98 Å². The van der Waals surface area contributed by atoms with Gasteiger partial charge < -0.3 is 20.1 Å². The molecule has 1 heterocycles. The molecule has 0 aliphatic heterocycles. The summed E-state index contributed by atoms with van der Waals surface area (Å²) in [5.74, 6) is 0.888. The Labute approximate surface area is 106 Å². The molecule has 0 bridgehead atoms. The van der Waals surface area contributed by atoms with Crippen molar-refractivity contribution in [1.82, 2.24) is 15.3 Å². The van der Waals surface area contributed by atoms with Crippen molar-refractivity contribution in [1.29, 1.82) is 0 Å². The number of methoxy groups -OCH3 is 2. The number of aromatic nitrogens is 2. The summed E-state index contributed by atoms with van der Waals surface area (Å²) < 4.78 is 9.79. The molecule has 0 radical (unpaired) electrons. The third kappa shape index (κ3) is 5.44. The summed E-state index contributed by atoms with van der Waals surface area (Å²) in [5.41, 5.74) is 0. The number of hydrogen-bond acceptors (Lipinski definition) is 6. The third-order valence-electron chi connectivity index (χ3n) is 2.10. The number of nitrogens with zero attached hydrogens (tertiary/aromatic N) is 2. The second-order valence-electron chi connectivity index (χ2n) is 3.44. The van der Waals surface area contributed by atoms with Crippen molar-refractivity contribution in [2.75, 3.05) is 39.2 Å². The zero-order chi connectivity index (χ0) is 13.2. The molecule has 1 aromatic rings. The standard InChI is InChI=1S/C11H18N4O3/c1-17-8-7-12-9(16)3-5-13-11-14-6-4-10(15-11)18-2/h4,6H,3,5,7-8H2,1-2H3,(H,12,16)(H,13,14,15). The number of nitrogens with one attached hydrogen (secondary N) is 2. The van der Waals surface area contributed by atoms with E-state index in [4.69, 9.17) is 9.47 Å². The summed E-state index contributed by atoms with van der Waals surface area (Å²) in [6.07, 6.45) is 1.94. The van der Waals surface area contributed by atoms with Crippen LogP contribution in [0.4, 0.5) is 5.95 Å². The smallest absolute Gasteiger partial charge is 0.225 e. The maximum Gasteiger partial charge on any atom is 0.225 e. The van der Waals surface area contributed by atoms with Crippen LogP contribution in [0, 0.1) is 0 Å². The van der Waals surface area contributed by atoms with Crippen LogP contribution in [0.25, 0.3) is 0 Å². The highest BCUT2D eigenvalue weighted by Gasteiger charge is 2.02. The molecule has 7 heteroatoms. The second kappa shape index (κ2) is 8.24. The molecule has 0 fully saturated rings. The average Bonchev–Trinajstić information content (AvgIpc) is 2.39. The highest BCUT2D eigenvalue weighted by molar-refractivity contribution is 5.76. The topological polar surface area (TPSA) is 85.4 Å². The number of anilines is 1. The van der Waals surface area contributed by atoms with Gasteiger partial charge in [0.05, 0.1) is 13.7 Å². The highest BCUT2D eigenvalue weighted by Crippen LogP contribution is 2.06. The van der Waals surface area contributed by atoms with Crippen molar-refractivity contribution in [2.24, 2.45) is 0 Å². The number of amides is 1. The fourth-order valence-corrected chi connectivity index (χ4v) is 1.21. The minimum absolute atomic E-state index is 0.0394. The van der Waals surface area contributed by atoms with Gasteiger partial charge in [-0.1, -0.05) is 0 Å². The van der Waals surface area contributed by atoms with Gasteiger partial charge in [0.1, 0.15) is 0 Å². The van der Waals surface area contributed by atoms with Crippen LogP contribution >= 0.6 is 0 Å². The fourth-order valence-electron chi connectivity index (χ4n) is 1.21. The molecule has 1 amide bonds. The van der Waals surface area contributed by atoms with Gasteiger partial charge in [-0.15, -0.1) is 0 Å². The number of ether oxygens (including phenoxy) is 2. The maximum absolute atomic E-state index is 11.4. The fraction of sp³-hybridized carbons (Fsp3) is 0.545. The Hall–Kier alpha value is -1.89. The summed E-state index contributed by atoms with van der Waals surface area (Å²) in [6, 6.07) is 1.66. The summed E-state index contributed by atoms with van der Waals surface area (Å²) in [5, 5.41) is 5.67. The molecule has 18 heavy (non-hydrogen) atoms. The molecule has 0 aliphatic rings. The molecule has 0 aliphatic carbocycles. The molecule has 2 N–H and O–H groups in total. The van der Waals surface area contributed by atoms with E-state index in [1.807, 2.05) is 0 Å². The van der Waals surface area contributed by atoms with E-state index in [-0.39, 0.29) is 5.91 Å². The first kappa shape index (κ1) is 14.2. The van der Waals surface area contributed by atoms with Crippen LogP contribution in [0.3, 0.4) is 0 Å². The number of carbonyl (C=O) groups is 1. The predicted molar refractivity (Wildman–Crippen MR) is 66.6 cm³/mol. The lowest BCUT2D eigenvalue weighted by atomic mass is 10.4. The second-order valence-corrected chi connectivity index (χ2v) is 3.44. The van der Waals surface area contributed by atoms with Crippen LogP contribution in [0.2, 0.25) is 0 Å². The molecule has 1 rings (SSSR count). The van der Waals surface area contributed by atoms with E-state index in [0.29, 0.717) is 37.9 Å². The Balaban J connectivity index is 2.22. The van der Waals surface area contributed by atoms with Gasteiger partial charge in [0.25, 0.3) is 0 Å². The monoisotopic (exact) mass is 254 g/mol. The molecule has 0 spiro atoms. The first-order chi connectivity index (χ1) is 8.76. The Morgan fingerprint density at radius 1 is 1.39 bits per heavy atom. The van der Waals surface area contributed by atoms with Crippen molar-refractivity contribution < 1.29 is 14.3 Å². The molecule has 0 saturated carbocycles. The lowest BCUT2D eigenvalue weighted by Gasteiger charge is -2.06. The van der Waals surface area contributed by atoms with E-state index in [0.717, 1.165) is 0 Å². The SMILES string of the molecule is COCCNC(=O)CCNc1nccc(OC)n1. The van der Waals surface area contributed by atoms with E-state index in [1.165, 1.54) is 7.11 Å². The van der Waals surface area contributed by atoms with E-state index in [2.05, 4.69) is 20.6 Å². The van der Waals surface area contributed by atoms with E-state index >= 15 is 0 Å². The third-order valence-corrected chi connectivity index (χ3v) is 2.10. The first-order valence-electron chi connectivity index (χ1n) is 5.63. The van der Waals surface area contributed by atoms with Gasteiger partial charge in [-0.3, -0.25) is 4.79 Å². The molecule has 7 nitrogen and oxygen atoms in total. The van der Waals surface area contributed by atoms with Gasteiger partial charge in [0.2, 0.25) is 17.7 Å². The van der Waals surface area contributed by atoms with E-state index in [1.54, 1.807) is 19.4 Å². The quantitative estimate of drug-likeness (QED) is 0.638. The van der Waals surface area contributed by atoms with Crippen molar-refractivity contribution in [3.8, 4) is 5.88 Å². The average molecular weight is 254 g/mol. The number of carbonyl (C=O) groups excluding carboxylic acids is 1. The van der Waals surface area contributed by atoms with Crippen molar-refractivity contribution in [3.05, 3.63) is 12.3 Å². The number of hydrogen-bond donors (Lipinski definition) is 2. The molecule has 0 atom stereocenters. The van der Waals surface area contributed by atoms with Gasteiger partial charge in [-0.2, -0.15) is 4.98 Å². The van der Waals surface area contributed by atoms with Crippen LogP contribution in [0.5, 0.6) is 5.88 Å². The molecule has 100 valence electrons. The Morgan fingerprint density at radius 2 is 2.22 bits per heavy atom. The molecule has 1 aromatic heterocycles. The van der Waals surface area contributed by atoms with Crippen molar-refractivity contribution in [3.63, 3.8) is 0 Å². The summed E-state index contributed by atoms with van der Waals surface area (Å²) in [6.45, 7) is 1.50. The molecular weight excluding hydrogens is 236 g/mol. The highest BCUT2D eigenvalue weighted by atomic mass is 16.5. The lowest BCUT2D eigenvalue weighted by Crippen LogP contribution is -2.28. The largest absolute Gasteiger partial charge is 0.481 e. The zero-order valence-corrected chi connectivity index (χ0v) is 10.6. The Morgan fingerprint density at radius 3 is 2.94 bits per heavy atom. The van der Waals surface area contributed by atoms with E-state index in [9.17, 15) is 4.79 Å². The van der Waals surface area contributed by atoms with Gasteiger partial charge in [0.15, 0.2) is 0 Å². The summed E-state index contributed by atoms with van der Waals surface area (Å²) >= 11 is 0.